The van der Waals surface area contributed by atoms with Gasteiger partial charge in [-0.2, -0.15) is 0 Å². The van der Waals surface area contributed by atoms with Crippen LogP contribution in [0.2, 0.25) is 0 Å². The summed E-state index contributed by atoms with van der Waals surface area (Å²) >= 11 is 6.28. The lowest BCUT2D eigenvalue weighted by atomic mass is 9.95. The van der Waals surface area contributed by atoms with Gasteiger partial charge in [-0.25, -0.2) is 28.6 Å². The lowest BCUT2D eigenvalue weighted by Crippen LogP contribution is -2.68. The molecule has 0 spiro atoms. The second-order valence-electron chi connectivity index (χ2n) is 9.72. The molecule has 222 valence electrons. The summed E-state index contributed by atoms with van der Waals surface area (Å²) in [5.74, 6) is 0.199. The number of hydrogen-bond acceptors (Lipinski definition) is 7. The number of fused-ring (bicyclic) bond motifs is 2. The first-order valence-corrected chi connectivity index (χ1v) is 15.2. The number of para-hydroxylation sites is 3. The molecule has 6 aromatic rings. The van der Waals surface area contributed by atoms with Crippen LogP contribution >= 0.6 is 11.6 Å². The van der Waals surface area contributed by atoms with Crippen LogP contribution in [-0.2, 0) is 6.42 Å². The van der Waals surface area contributed by atoms with Crippen molar-refractivity contribution in [2.24, 2.45) is 0 Å². The molecule has 0 atom stereocenters. The van der Waals surface area contributed by atoms with E-state index in [1.165, 1.54) is 0 Å². The molecule has 0 bridgehead atoms. The Balaban J connectivity index is 0.000000712. The van der Waals surface area contributed by atoms with Crippen molar-refractivity contribution in [2.75, 3.05) is 11.3 Å². The molecule has 0 unspecified atom stereocenters. The Morgan fingerprint density at radius 1 is 0.773 bits per heavy atom. The molecule has 0 saturated carbocycles. The van der Waals surface area contributed by atoms with E-state index in [1.807, 2.05) is 96.5 Å². The number of carbonyl (C=O) groups excluding carboxylic acids is 1. The van der Waals surface area contributed by atoms with Gasteiger partial charge < -0.3 is 0 Å². The normalized spacial score (nSPS) is 11.2. The number of carbonyl (C=O) groups is 1. The van der Waals surface area contributed by atoms with Crippen molar-refractivity contribution in [1.29, 1.82) is 0 Å². The summed E-state index contributed by atoms with van der Waals surface area (Å²) < 4.78 is 35.8. The van der Waals surface area contributed by atoms with E-state index < -0.39 is 10.2 Å². The first-order chi connectivity index (χ1) is 21.1. The summed E-state index contributed by atoms with van der Waals surface area (Å²) in [7, 11) is -4.94. The van der Waals surface area contributed by atoms with Gasteiger partial charge in [-0.3, -0.25) is 4.79 Å². The number of halogens is 2. The van der Waals surface area contributed by atoms with Gasteiger partial charge in [0, 0.05) is 30.0 Å². The molecule has 2 heterocycles. The molecular weight excluding hydrogens is 603 g/mol. The maximum Gasteiger partial charge on any atom is 0.307 e. The van der Waals surface area contributed by atoms with E-state index in [1.54, 1.807) is 6.07 Å². The molecule has 0 aliphatic rings. The minimum Gasteiger partial charge on any atom is -0.263 e. The fraction of sp³-hybridized carbons (Fsp3) is 0.0909. The van der Waals surface area contributed by atoms with E-state index in [0.717, 1.165) is 44.7 Å². The van der Waals surface area contributed by atoms with Crippen molar-refractivity contribution in [3.8, 4) is 22.4 Å². The van der Waals surface area contributed by atoms with Crippen molar-refractivity contribution in [2.45, 2.75) is 13.3 Å². The lowest BCUT2D eigenvalue weighted by molar-refractivity contribution is -2.00. The Morgan fingerprint density at radius 3 is 1.93 bits per heavy atom. The van der Waals surface area contributed by atoms with Gasteiger partial charge in [0.2, 0.25) is 11.4 Å². The van der Waals surface area contributed by atoms with Crippen LogP contribution in [0.5, 0.6) is 0 Å². The molecule has 0 saturated heterocycles. The van der Waals surface area contributed by atoms with Crippen LogP contribution in [0, 0.1) is 17.2 Å². The number of nitrogens with zero attached hydrogens (tertiary/aromatic N) is 3. The largest absolute Gasteiger partial charge is 0.307 e. The van der Waals surface area contributed by atoms with Gasteiger partial charge in [0.05, 0.1) is 22.1 Å². The van der Waals surface area contributed by atoms with Crippen LogP contribution in [0.3, 0.4) is 0 Å². The molecule has 9 nitrogen and oxygen atoms in total. The molecule has 2 aromatic heterocycles. The summed E-state index contributed by atoms with van der Waals surface area (Å²) in [5.41, 5.74) is 12.5. The highest BCUT2D eigenvalue weighted by molar-refractivity contribution is 6.18. The number of rotatable bonds is 6. The molecule has 0 radical (unpaired) electrons. The summed E-state index contributed by atoms with van der Waals surface area (Å²) in [6.45, 7) is 2.03. The monoisotopic (exact) mass is 628 g/mol. The van der Waals surface area contributed by atoms with Crippen LogP contribution in [-0.4, -0.2) is 21.8 Å². The number of benzene rings is 4. The molecule has 11 heteroatoms. The second kappa shape index (κ2) is 13.4. The minimum absolute atomic E-state index is 0.264. The third-order valence-electron chi connectivity index (χ3n) is 6.95. The zero-order chi connectivity index (χ0) is 31.3. The molecule has 0 fully saturated rings. The van der Waals surface area contributed by atoms with Gasteiger partial charge >= 0.3 is 5.91 Å². The van der Waals surface area contributed by atoms with E-state index in [4.69, 9.17) is 40.2 Å². The Hall–Kier alpha value is -4.48. The van der Waals surface area contributed by atoms with Gasteiger partial charge in [0.25, 0.3) is 0 Å². The Bertz CT molecular complexity index is 1930. The number of nitrogens with one attached hydrogen (secondary N) is 1. The molecular formula is C33H26Cl2N4O5. The van der Waals surface area contributed by atoms with Gasteiger partial charge in [-0.05, 0) is 53.9 Å². The zero-order valence-electron chi connectivity index (χ0n) is 23.4. The van der Waals surface area contributed by atoms with Crippen molar-refractivity contribution in [1.82, 2.24) is 9.97 Å². The predicted octanol–water partition coefficient (Wildman–Crippen LogP) is 2.12. The van der Waals surface area contributed by atoms with E-state index in [0.29, 0.717) is 28.9 Å². The standard InChI is InChI=1S/C33H25ClN4O.ClHO4/c1-22-25(19-20-34)27(23-11-4-2-5-12-23)21-31(24-13-6-3-7-14-24)38(22)37-33(39)26-15-10-18-30-32(26)36-29-17-9-8-16-28(29)35-30;2-1(3,4)5/h2-18,21H,19-20H2,1H3;(H,2,3,4,5). The molecule has 6 rings (SSSR count). The van der Waals surface area contributed by atoms with Crippen molar-refractivity contribution in [3.63, 3.8) is 0 Å². The SMILES string of the molecule is Cc1c(CCCl)c(-c2ccccc2)cc(-c2ccccc2)[n+]1NC(=O)c1cccc2nc3ccccc3nc12.[O-][Cl+3]([O-])([O-])[O-]. The van der Waals surface area contributed by atoms with E-state index in [2.05, 4.69) is 23.6 Å². The van der Waals surface area contributed by atoms with Gasteiger partial charge in [0.1, 0.15) is 5.52 Å². The topological polar surface area (TPSA) is 151 Å². The average molecular weight is 630 g/mol. The molecule has 44 heavy (non-hydrogen) atoms. The van der Waals surface area contributed by atoms with E-state index in [9.17, 15) is 4.79 Å². The van der Waals surface area contributed by atoms with Crippen LogP contribution in [0.1, 0.15) is 21.6 Å². The van der Waals surface area contributed by atoms with Crippen LogP contribution in [0.4, 0.5) is 0 Å². The molecule has 1 amide bonds. The van der Waals surface area contributed by atoms with Crippen LogP contribution < -0.4 is 28.7 Å². The lowest BCUT2D eigenvalue weighted by Gasteiger charge is -2.17. The van der Waals surface area contributed by atoms with Crippen LogP contribution in [0.25, 0.3) is 44.5 Å². The number of amides is 1. The van der Waals surface area contributed by atoms with Gasteiger partial charge in [0.15, 0.2) is 0 Å². The predicted molar refractivity (Wildman–Crippen MR) is 157 cm³/mol. The second-order valence-corrected chi connectivity index (χ2v) is 10.9. The summed E-state index contributed by atoms with van der Waals surface area (Å²) in [6, 6.07) is 35.7. The van der Waals surface area contributed by atoms with Gasteiger partial charge in [-0.15, -0.1) is 27.3 Å². The summed E-state index contributed by atoms with van der Waals surface area (Å²) in [4.78, 5) is 23.4. The number of aromatic nitrogens is 3. The van der Waals surface area contributed by atoms with Crippen LogP contribution in [0.15, 0.2) is 109 Å². The zero-order valence-corrected chi connectivity index (χ0v) is 25.0. The fourth-order valence-corrected chi connectivity index (χ4v) is 5.23. The highest BCUT2D eigenvalue weighted by Crippen LogP contribution is 2.30. The first-order valence-electron chi connectivity index (χ1n) is 13.5. The number of hydrogen-bond donors (Lipinski definition) is 1. The summed E-state index contributed by atoms with van der Waals surface area (Å²) in [5, 5.41) is 0. The molecule has 4 aromatic carbocycles. The van der Waals surface area contributed by atoms with Gasteiger partial charge in [-0.1, -0.05) is 71.4 Å². The Kier molecular flexibility index (Phi) is 9.46. The maximum absolute atomic E-state index is 13.9. The molecule has 1 N–H and O–H groups in total. The Morgan fingerprint density at radius 2 is 1.32 bits per heavy atom. The highest BCUT2D eigenvalue weighted by atomic mass is 35.7. The van der Waals surface area contributed by atoms with E-state index in [-0.39, 0.29) is 5.91 Å². The minimum atomic E-state index is -4.94. The van der Waals surface area contributed by atoms with Crippen molar-refractivity contribution in [3.05, 3.63) is 126 Å². The third kappa shape index (κ3) is 7.17. The quantitative estimate of drug-likeness (QED) is 0.168. The first kappa shape index (κ1) is 31.0. The average Bonchev–Trinajstić information content (AvgIpc) is 3.01. The number of alkyl halides is 1. The fourth-order valence-electron chi connectivity index (χ4n) is 5.04. The number of pyridine rings is 1. The molecule has 0 aliphatic carbocycles. The maximum atomic E-state index is 13.9. The summed E-state index contributed by atoms with van der Waals surface area (Å²) in [6.07, 6.45) is 0.661. The molecule has 0 aliphatic heterocycles. The smallest absolute Gasteiger partial charge is 0.263 e. The third-order valence-corrected chi connectivity index (χ3v) is 7.13. The highest BCUT2D eigenvalue weighted by Gasteiger charge is 2.27. The van der Waals surface area contributed by atoms with E-state index >= 15 is 0 Å². The Labute approximate surface area is 260 Å². The van der Waals surface area contributed by atoms with Crippen molar-refractivity contribution >= 4 is 39.6 Å². The van der Waals surface area contributed by atoms with Crippen molar-refractivity contribution < 1.29 is 38.3 Å².